The van der Waals surface area contributed by atoms with Crippen LogP contribution < -0.4 is 5.32 Å². The summed E-state index contributed by atoms with van der Waals surface area (Å²) in [6.07, 6.45) is 0. The summed E-state index contributed by atoms with van der Waals surface area (Å²) in [5.41, 5.74) is 2.04. The molecule has 2 rings (SSSR count). The second-order valence-corrected chi connectivity index (χ2v) is 6.13. The van der Waals surface area contributed by atoms with E-state index in [0.29, 0.717) is 16.7 Å². The van der Waals surface area contributed by atoms with Crippen molar-refractivity contribution in [2.45, 2.75) is 26.7 Å². The van der Waals surface area contributed by atoms with Gasteiger partial charge >= 0.3 is 5.97 Å². The molecule has 0 aromatic heterocycles. The lowest BCUT2D eigenvalue weighted by Gasteiger charge is -2.16. The lowest BCUT2D eigenvalue weighted by atomic mass is 9.96. The maximum atomic E-state index is 12.6. The zero-order valence-electron chi connectivity index (χ0n) is 14.8. The van der Waals surface area contributed by atoms with Gasteiger partial charge in [-0.15, -0.1) is 0 Å². The predicted octanol–water partition coefficient (Wildman–Crippen LogP) is 3.12. The van der Waals surface area contributed by atoms with Gasteiger partial charge < -0.3 is 10.4 Å². The third kappa shape index (κ3) is 3.88. The summed E-state index contributed by atoms with van der Waals surface area (Å²) in [7, 11) is 0. The standard InChI is InChI=1S/C19H20N2O5/c1-11-9-12(2)17(21(25)26)13(3)16(11)18(22)20-10-15(19(23)24)14-7-5-4-6-8-14/h4-9,15H,10H2,1-3H3,(H,20,22)(H,23,24). The number of carbonyl (C=O) groups excluding carboxylic acids is 1. The molecule has 0 saturated carbocycles. The van der Waals surface area contributed by atoms with Crippen molar-refractivity contribution in [1.29, 1.82) is 0 Å². The van der Waals surface area contributed by atoms with Crippen LogP contribution in [0.4, 0.5) is 5.69 Å². The minimum Gasteiger partial charge on any atom is -0.481 e. The van der Waals surface area contributed by atoms with E-state index in [4.69, 9.17) is 0 Å². The fraction of sp³-hybridized carbons (Fsp3) is 0.263. The molecule has 7 nitrogen and oxygen atoms in total. The van der Waals surface area contributed by atoms with E-state index in [1.54, 1.807) is 50.2 Å². The van der Waals surface area contributed by atoms with Crippen molar-refractivity contribution >= 4 is 17.6 Å². The number of carboxylic acid groups (broad SMARTS) is 1. The average Bonchev–Trinajstić information content (AvgIpc) is 2.54. The molecule has 0 fully saturated rings. The van der Waals surface area contributed by atoms with Crippen LogP contribution in [0.3, 0.4) is 0 Å². The molecule has 7 heteroatoms. The van der Waals surface area contributed by atoms with Gasteiger partial charge in [0.25, 0.3) is 11.6 Å². The monoisotopic (exact) mass is 356 g/mol. The van der Waals surface area contributed by atoms with Crippen molar-refractivity contribution in [3.63, 3.8) is 0 Å². The molecule has 0 spiro atoms. The number of aliphatic carboxylic acids is 1. The summed E-state index contributed by atoms with van der Waals surface area (Å²) in [6, 6.07) is 10.2. The third-order valence-electron chi connectivity index (χ3n) is 4.31. The second-order valence-electron chi connectivity index (χ2n) is 6.13. The highest BCUT2D eigenvalue weighted by Gasteiger charge is 2.25. The number of nitro benzene ring substituents is 1. The summed E-state index contributed by atoms with van der Waals surface area (Å²) in [6.45, 7) is 4.73. The van der Waals surface area contributed by atoms with Crippen LogP contribution in [0.5, 0.6) is 0 Å². The van der Waals surface area contributed by atoms with Crippen LogP contribution in [0.15, 0.2) is 36.4 Å². The van der Waals surface area contributed by atoms with Crippen LogP contribution in [0, 0.1) is 30.9 Å². The highest BCUT2D eigenvalue weighted by Crippen LogP contribution is 2.28. The summed E-state index contributed by atoms with van der Waals surface area (Å²) in [5, 5.41) is 23.3. The third-order valence-corrected chi connectivity index (χ3v) is 4.31. The Morgan fingerprint density at radius 2 is 1.77 bits per heavy atom. The van der Waals surface area contributed by atoms with Gasteiger partial charge in [0.2, 0.25) is 0 Å². The average molecular weight is 356 g/mol. The first-order valence-corrected chi connectivity index (χ1v) is 8.05. The molecule has 1 atom stereocenters. The molecule has 2 aromatic carbocycles. The Morgan fingerprint density at radius 3 is 2.31 bits per heavy atom. The summed E-state index contributed by atoms with van der Waals surface area (Å²) < 4.78 is 0. The van der Waals surface area contributed by atoms with E-state index >= 15 is 0 Å². The van der Waals surface area contributed by atoms with Crippen molar-refractivity contribution in [2.24, 2.45) is 0 Å². The molecule has 2 aromatic rings. The molecule has 2 N–H and O–H groups in total. The predicted molar refractivity (Wildman–Crippen MR) is 96.5 cm³/mol. The largest absolute Gasteiger partial charge is 0.481 e. The smallest absolute Gasteiger partial charge is 0.312 e. The lowest BCUT2D eigenvalue weighted by molar-refractivity contribution is -0.386. The van der Waals surface area contributed by atoms with Gasteiger partial charge in [-0.2, -0.15) is 0 Å². The number of nitrogens with one attached hydrogen (secondary N) is 1. The Morgan fingerprint density at radius 1 is 1.15 bits per heavy atom. The van der Waals surface area contributed by atoms with Gasteiger partial charge in [-0.1, -0.05) is 30.3 Å². The van der Waals surface area contributed by atoms with Gasteiger partial charge in [0.05, 0.1) is 16.4 Å². The summed E-state index contributed by atoms with van der Waals surface area (Å²) in [5.74, 6) is -2.48. The van der Waals surface area contributed by atoms with Crippen LogP contribution in [-0.4, -0.2) is 28.5 Å². The van der Waals surface area contributed by atoms with Crippen LogP contribution in [0.25, 0.3) is 0 Å². The molecule has 0 aliphatic carbocycles. The molecule has 0 aliphatic heterocycles. The first-order valence-electron chi connectivity index (χ1n) is 8.05. The molecule has 136 valence electrons. The highest BCUT2D eigenvalue weighted by atomic mass is 16.6. The van der Waals surface area contributed by atoms with Gasteiger partial charge in [-0.3, -0.25) is 19.7 Å². The van der Waals surface area contributed by atoms with Crippen molar-refractivity contribution in [3.05, 3.63) is 74.3 Å². The molecule has 1 amide bonds. The van der Waals surface area contributed by atoms with E-state index in [1.807, 2.05) is 0 Å². The normalized spacial score (nSPS) is 11.7. The van der Waals surface area contributed by atoms with Crippen molar-refractivity contribution in [2.75, 3.05) is 6.54 Å². The Labute approximate surface area is 150 Å². The van der Waals surface area contributed by atoms with E-state index in [2.05, 4.69) is 5.32 Å². The van der Waals surface area contributed by atoms with E-state index < -0.39 is 22.7 Å². The van der Waals surface area contributed by atoms with Crippen LogP contribution in [0.1, 0.15) is 38.5 Å². The lowest BCUT2D eigenvalue weighted by Crippen LogP contribution is -2.32. The number of carbonyl (C=O) groups is 2. The van der Waals surface area contributed by atoms with E-state index in [-0.39, 0.29) is 23.4 Å². The number of benzene rings is 2. The number of amides is 1. The Hall–Kier alpha value is -3.22. The fourth-order valence-corrected chi connectivity index (χ4v) is 3.12. The number of aryl methyl sites for hydroxylation is 2. The van der Waals surface area contributed by atoms with Crippen LogP contribution in [-0.2, 0) is 4.79 Å². The Bertz CT molecular complexity index is 862. The van der Waals surface area contributed by atoms with Crippen molar-refractivity contribution in [3.8, 4) is 0 Å². The number of hydrogen-bond acceptors (Lipinski definition) is 4. The maximum Gasteiger partial charge on any atom is 0.312 e. The molecular weight excluding hydrogens is 336 g/mol. The molecule has 0 bridgehead atoms. The van der Waals surface area contributed by atoms with Gasteiger partial charge in [0.1, 0.15) is 0 Å². The number of rotatable bonds is 6. The number of carboxylic acids is 1. The fourth-order valence-electron chi connectivity index (χ4n) is 3.12. The minimum absolute atomic E-state index is 0.0985. The topological polar surface area (TPSA) is 110 Å². The van der Waals surface area contributed by atoms with Crippen LogP contribution >= 0.6 is 0 Å². The first kappa shape index (κ1) is 19.1. The van der Waals surface area contributed by atoms with Crippen LogP contribution in [0.2, 0.25) is 0 Å². The molecule has 0 radical (unpaired) electrons. The molecule has 0 saturated heterocycles. The van der Waals surface area contributed by atoms with Crippen molar-refractivity contribution < 1.29 is 19.6 Å². The molecule has 0 aliphatic rings. The SMILES string of the molecule is Cc1cc(C)c([N+](=O)[O-])c(C)c1C(=O)NCC(C(=O)O)c1ccccc1. The summed E-state index contributed by atoms with van der Waals surface area (Å²) in [4.78, 5) is 34.9. The molecule has 0 heterocycles. The maximum absolute atomic E-state index is 12.6. The second kappa shape index (κ2) is 7.77. The summed E-state index contributed by atoms with van der Waals surface area (Å²) >= 11 is 0. The quantitative estimate of drug-likeness (QED) is 0.610. The molecule has 1 unspecified atom stereocenters. The minimum atomic E-state index is -1.06. The molecule has 26 heavy (non-hydrogen) atoms. The van der Waals surface area contributed by atoms with E-state index in [9.17, 15) is 24.8 Å². The Kier molecular flexibility index (Phi) is 5.71. The van der Waals surface area contributed by atoms with Gasteiger partial charge in [0.15, 0.2) is 0 Å². The van der Waals surface area contributed by atoms with Gasteiger partial charge in [0, 0.05) is 17.7 Å². The zero-order chi connectivity index (χ0) is 19.4. The molecular formula is C19H20N2O5. The Balaban J connectivity index is 2.29. The van der Waals surface area contributed by atoms with E-state index in [1.165, 1.54) is 6.92 Å². The zero-order valence-corrected chi connectivity index (χ0v) is 14.8. The number of hydrogen-bond donors (Lipinski definition) is 2. The first-order chi connectivity index (χ1) is 12.2. The van der Waals surface area contributed by atoms with Crippen molar-refractivity contribution in [1.82, 2.24) is 5.32 Å². The number of nitro groups is 1. The highest BCUT2D eigenvalue weighted by molar-refractivity contribution is 5.98. The number of nitrogens with zero attached hydrogens (tertiary/aromatic N) is 1. The van der Waals surface area contributed by atoms with Gasteiger partial charge in [-0.05, 0) is 38.0 Å². The van der Waals surface area contributed by atoms with Gasteiger partial charge in [-0.25, -0.2) is 0 Å². The van der Waals surface area contributed by atoms with E-state index in [0.717, 1.165) is 0 Å².